The molecule has 12 heavy (non-hydrogen) atoms. The molecule has 0 saturated heterocycles. The van der Waals surface area contributed by atoms with Crippen molar-refractivity contribution in [2.45, 2.75) is 0 Å². The van der Waals surface area contributed by atoms with Gasteiger partial charge in [0.2, 0.25) is 0 Å². The second-order valence-corrected chi connectivity index (χ2v) is 2.31. The molecule has 4 nitrogen and oxygen atoms in total. The molecule has 0 aromatic carbocycles. The minimum absolute atomic E-state index is 0.845. The zero-order valence-corrected chi connectivity index (χ0v) is 7.20. The molecule has 2 aromatic rings. The molecule has 64 valence electrons. The minimum Gasteiger partial charge on any atom is -0.323 e. The topological polar surface area (TPSA) is 53.6 Å². The summed E-state index contributed by atoms with van der Waals surface area (Å²) in [5.41, 5.74) is 0.845. The molecule has 4 heteroatoms. The van der Waals surface area contributed by atoms with E-state index in [0.717, 1.165) is 11.0 Å². The quantitative estimate of drug-likeness (QED) is 0.605. The van der Waals surface area contributed by atoms with Crippen LogP contribution in [0.2, 0.25) is 0 Å². The molecule has 0 amide bonds. The molecule has 0 fully saturated rings. The highest BCUT2D eigenvalue weighted by molar-refractivity contribution is 5.72. The fraction of sp³-hybridized carbons (Fsp3) is 0.250. The van der Waals surface area contributed by atoms with E-state index in [1.165, 1.54) is 0 Å². The third kappa shape index (κ3) is 2.03. The molecule has 0 spiro atoms. The third-order valence-electron chi connectivity index (χ3n) is 1.21. The SMILES string of the molecule is CNC.c1cnc2[nH]ncc2c1. The number of fused-ring (bicyclic) bond motifs is 1. The third-order valence-corrected chi connectivity index (χ3v) is 1.21. The molecule has 0 radical (unpaired) electrons. The van der Waals surface area contributed by atoms with Crippen molar-refractivity contribution in [3.8, 4) is 0 Å². The summed E-state index contributed by atoms with van der Waals surface area (Å²) < 4.78 is 0. The lowest BCUT2D eigenvalue weighted by molar-refractivity contribution is 1.02. The van der Waals surface area contributed by atoms with Crippen molar-refractivity contribution in [1.82, 2.24) is 20.5 Å². The number of pyridine rings is 1. The van der Waals surface area contributed by atoms with Crippen LogP contribution in [0.5, 0.6) is 0 Å². The molecule has 0 aliphatic heterocycles. The zero-order valence-electron chi connectivity index (χ0n) is 7.20. The molecule has 0 atom stereocenters. The van der Waals surface area contributed by atoms with Crippen LogP contribution in [0.1, 0.15) is 0 Å². The summed E-state index contributed by atoms with van der Waals surface area (Å²) in [6, 6.07) is 3.85. The summed E-state index contributed by atoms with van der Waals surface area (Å²) in [5.74, 6) is 0. The lowest BCUT2D eigenvalue weighted by atomic mass is 10.4. The first kappa shape index (κ1) is 8.67. The van der Waals surface area contributed by atoms with Gasteiger partial charge in [-0.05, 0) is 26.2 Å². The van der Waals surface area contributed by atoms with Gasteiger partial charge in [-0.2, -0.15) is 5.10 Å². The van der Waals surface area contributed by atoms with Crippen LogP contribution in [0.15, 0.2) is 24.5 Å². The van der Waals surface area contributed by atoms with E-state index in [1.807, 2.05) is 26.2 Å². The van der Waals surface area contributed by atoms with Crippen LogP contribution in [0.4, 0.5) is 0 Å². The Morgan fingerprint density at radius 1 is 1.42 bits per heavy atom. The van der Waals surface area contributed by atoms with Gasteiger partial charge in [-0.25, -0.2) is 4.98 Å². The number of nitrogens with one attached hydrogen (secondary N) is 2. The normalized spacial score (nSPS) is 9.17. The predicted molar refractivity (Wildman–Crippen MR) is 48.9 cm³/mol. The number of rotatable bonds is 0. The van der Waals surface area contributed by atoms with E-state index in [9.17, 15) is 0 Å². The van der Waals surface area contributed by atoms with Gasteiger partial charge in [0, 0.05) is 11.6 Å². The highest BCUT2D eigenvalue weighted by Crippen LogP contribution is 2.03. The van der Waals surface area contributed by atoms with E-state index >= 15 is 0 Å². The van der Waals surface area contributed by atoms with Gasteiger partial charge in [0.1, 0.15) is 0 Å². The lowest BCUT2D eigenvalue weighted by Crippen LogP contribution is -1.89. The first-order valence-electron chi connectivity index (χ1n) is 3.71. The number of hydrogen-bond acceptors (Lipinski definition) is 3. The van der Waals surface area contributed by atoms with Crippen LogP contribution in [-0.4, -0.2) is 29.3 Å². The Bertz CT molecular complexity index is 298. The Hall–Kier alpha value is -1.42. The van der Waals surface area contributed by atoms with E-state index in [4.69, 9.17) is 0 Å². The number of H-pyrrole nitrogens is 1. The molecule has 2 rings (SSSR count). The maximum Gasteiger partial charge on any atom is 0.155 e. The number of aromatic nitrogens is 3. The number of aromatic amines is 1. The van der Waals surface area contributed by atoms with E-state index < -0.39 is 0 Å². The van der Waals surface area contributed by atoms with E-state index in [1.54, 1.807) is 12.4 Å². The summed E-state index contributed by atoms with van der Waals surface area (Å²) in [6.07, 6.45) is 3.49. The minimum atomic E-state index is 0.845. The van der Waals surface area contributed by atoms with Gasteiger partial charge < -0.3 is 5.32 Å². The molecule has 2 aromatic heterocycles. The average Bonchev–Trinajstić information content (AvgIpc) is 2.52. The first-order valence-corrected chi connectivity index (χ1v) is 3.71. The summed E-state index contributed by atoms with van der Waals surface area (Å²) in [7, 11) is 3.75. The second kappa shape index (κ2) is 4.46. The summed E-state index contributed by atoms with van der Waals surface area (Å²) >= 11 is 0. The molecule has 0 saturated carbocycles. The zero-order chi connectivity index (χ0) is 8.81. The molecule has 2 N–H and O–H groups in total. The van der Waals surface area contributed by atoms with Crippen LogP contribution in [0, 0.1) is 0 Å². The molecule has 2 heterocycles. The van der Waals surface area contributed by atoms with Gasteiger partial charge in [0.15, 0.2) is 5.65 Å². The van der Waals surface area contributed by atoms with Gasteiger partial charge in [-0.1, -0.05) is 0 Å². The standard InChI is InChI=1S/C6H5N3.C2H7N/c1-2-5-4-8-9-6(5)7-3-1;1-3-2/h1-4H,(H,7,8,9);3H,1-2H3. The Morgan fingerprint density at radius 3 is 2.83 bits per heavy atom. The van der Waals surface area contributed by atoms with Crippen LogP contribution < -0.4 is 5.32 Å². The molecule has 0 unspecified atom stereocenters. The highest BCUT2D eigenvalue weighted by atomic mass is 15.1. The van der Waals surface area contributed by atoms with E-state index in [2.05, 4.69) is 20.5 Å². The van der Waals surface area contributed by atoms with Crippen LogP contribution in [-0.2, 0) is 0 Å². The van der Waals surface area contributed by atoms with Gasteiger partial charge in [-0.15, -0.1) is 0 Å². The van der Waals surface area contributed by atoms with E-state index in [0.29, 0.717) is 0 Å². The summed E-state index contributed by atoms with van der Waals surface area (Å²) in [5, 5.41) is 10.4. The van der Waals surface area contributed by atoms with Gasteiger partial charge in [0.05, 0.1) is 6.20 Å². The Morgan fingerprint density at radius 2 is 2.17 bits per heavy atom. The van der Waals surface area contributed by atoms with Crippen LogP contribution in [0.25, 0.3) is 11.0 Å². The largest absolute Gasteiger partial charge is 0.323 e. The maximum atomic E-state index is 4.02. The Labute approximate surface area is 71.0 Å². The number of hydrogen-bond donors (Lipinski definition) is 2. The number of nitrogens with zero attached hydrogens (tertiary/aromatic N) is 2. The van der Waals surface area contributed by atoms with E-state index in [-0.39, 0.29) is 0 Å². The molecule has 0 bridgehead atoms. The van der Waals surface area contributed by atoms with Gasteiger partial charge in [-0.3, -0.25) is 5.10 Å². The van der Waals surface area contributed by atoms with Crippen molar-refractivity contribution in [2.24, 2.45) is 0 Å². The molecule has 0 aliphatic carbocycles. The van der Waals surface area contributed by atoms with Crippen molar-refractivity contribution < 1.29 is 0 Å². The van der Waals surface area contributed by atoms with Crippen molar-refractivity contribution >= 4 is 11.0 Å². The van der Waals surface area contributed by atoms with Crippen LogP contribution >= 0.6 is 0 Å². The molecular weight excluding hydrogens is 152 g/mol. The fourth-order valence-corrected chi connectivity index (χ4v) is 0.778. The van der Waals surface area contributed by atoms with Gasteiger partial charge in [0.25, 0.3) is 0 Å². The summed E-state index contributed by atoms with van der Waals surface area (Å²) in [6.45, 7) is 0. The van der Waals surface area contributed by atoms with Crippen molar-refractivity contribution in [3.05, 3.63) is 24.5 Å². The summed E-state index contributed by atoms with van der Waals surface area (Å²) in [4.78, 5) is 4.02. The Balaban J connectivity index is 0.000000213. The second-order valence-electron chi connectivity index (χ2n) is 2.31. The fourth-order valence-electron chi connectivity index (χ4n) is 0.778. The van der Waals surface area contributed by atoms with Crippen molar-refractivity contribution in [2.75, 3.05) is 14.1 Å². The van der Waals surface area contributed by atoms with Crippen LogP contribution in [0.3, 0.4) is 0 Å². The highest BCUT2D eigenvalue weighted by Gasteiger charge is 1.89. The Kier molecular flexibility index (Phi) is 3.22. The molecular formula is C8H12N4. The maximum absolute atomic E-state index is 4.02. The molecule has 0 aliphatic rings. The smallest absolute Gasteiger partial charge is 0.155 e. The average molecular weight is 164 g/mol. The lowest BCUT2D eigenvalue weighted by Gasteiger charge is -1.80. The van der Waals surface area contributed by atoms with Crippen molar-refractivity contribution in [3.63, 3.8) is 0 Å². The monoisotopic (exact) mass is 164 g/mol. The first-order chi connectivity index (χ1) is 5.88. The van der Waals surface area contributed by atoms with Gasteiger partial charge >= 0.3 is 0 Å². The predicted octanol–water partition coefficient (Wildman–Crippen LogP) is 0.793. The van der Waals surface area contributed by atoms with Crippen molar-refractivity contribution in [1.29, 1.82) is 0 Å².